The van der Waals surface area contributed by atoms with Gasteiger partial charge in [-0.05, 0) is 13.3 Å². The maximum absolute atomic E-state index is 5.46. The van der Waals surface area contributed by atoms with Gasteiger partial charge in [-0.1, -0.05) is 60.7 Å². The third-order valence-electron chi connectivity index (χ3n) is 2.71. The van der Waals surface area contributed by atoms with Gasteiger partial charge in [0, 0.05) is 0 Å². The summed E-state index contributed by atoms with van der Waals surface area (Å²) in [6.45, 7) is 8.69. The van der Waals surface area contributed by atoms with Crippen molar-refractivity contribution in [2.24, 2.45) is 5.16 Å². The molecular formula is C13H21NOSi. The molecule has 0 spiro atoms. The molecule has 1 aromatic rings. The lowest BCUT2D eigenvalue weighted by molar-refractivity contribution is 0.186. The smallest absolute Gasteiger partial charge is 0.127 e. The van der Waals surface area contributed by atoms with Gasteiger partial charge < -0.3 is 4.84 Å². The normalized spacial score (nSPS) is 12.6. The summed E-state index contributed by atoms with van der Waals surface area (Å²) in [6, 6.07) is 10.6. The Hall–Kier alpha value is -1.09. The van der Waals surface area contributed by atoms with Crippen molar-refractivity contribution in [2.45, 2.75) is 33.4 Å². The molecule has 0 aliphatic rings. The van der Waals surface area contributed by atoms with Crippen LogP contribution in [-0.2, 0) is 4.84 Å². The summed E-state index contributed by atoms with van der Waals surface area (Å²) in [4.78, 5) is 5.46. The maximum Gasteiger partial charge on any atom is 0.127 e. The van der Waals surface area contributed by atoms with Gasteiger partial charge in [0.15, 0.2) is 0 Å². The van der Waals surface area contributed by atoms with E-state index in [1.165, 1.54) is 5.19 Å². The summed E-state index contributed by atoms with van der Waals surface area (Å²) in [5, 5.41) is 5.52. The zero-order chi connectivity index (χ0) is 12.0. The molecule has 0 fully saturated rings. The third kappa shape index (κ3) is 3.81. The first-order valence-electron chi connectivity index (χ1n) is 5.77. The third-order valence-corrected chi connectivity index (χ3v) is 5.46. The van der Waals surface area contributed by atoms with Gasteiger partial charge in [-0.3, -0.25) is 0 Å². The molecule has 0 N–H and O–H groups in total. The number of hydrogen-bond acceptors (Lipinski definition) is 2. The summed E-state index contributed by atoms with van der Waals surface area (Å²) in [6.07, 6.45) is 1.70. The van der Waals surface area contributed by atoms with Gasteiger partial charge in [-0.15, -0.1) is 0 Å². The minimum absolute atomic E-state index is 0.744. The van der Waals surface area contributed by atoms with Gasteiger partial charge in [-0.25, -0.2) is 0 Å². The highest BCUT2D eigenvalue weighted by molar-refractivity contribution is 6.89. The first kappa shape index (κ1) is 13.0. The second kappa shape index (κ2) is 5.85. The molecule has 3 heteroatoms. The first-order valence-corrected chi connectivity index (χ1v) is 8.98. The highest BCUT2D eigenvalue weighted by atomic mass is 28.3. The zero-order valence-corrected chi connectivity index (χ0v) is 11.7. The van der Waals surface area contributed by atoms with Crippen LogP contribution in [0.15, 0.2) is 35.5 Å². The zero-order valence-electron chi connectivity index (χ0n) is 10.7. The van der Waals surface area contributed by atoms with Gasteiger partial charge >= 0.3 is 0 Å². The van der Waals surface area contributed by atoms with Crippen LogP contribution in [-0.4, -0.2) is 20.0 Å². The molecular weight excluding hydrogens is 214 g/mol. The fourth-order valence-corrected chi connectivity index (χ4v) is 2.99. The Kier molecular flexibility index (Phi) is 4.74. The fraction of sp³-hybridized carbons (Fsp3) is 0.462. The van der Waals surface area contributed by atoms with Crippen LogP contribution >= 0.6 is 0 Å². The summed E-state index contributed by atoms with van der Waals surface area (Å²) in [7, 11) is -1.49. The molecule has 0 saturated heterocycles. The number of benzene rings is 1. The highest BCUT2D eigenvalue weighted by Crippen LogP contribution is 2.04. The summed E-state index contributed by atoms with van der Waals surface area (Å²) >= 11 is 0. The van der Waals surface area contributed by atoms with Gasteiger partial charge in [0.25, 0.3) is 0 Å². The van der Waals surface area contributed by atoms with Crippen molar-refractivity contribution in [3.63, 3.8) is 0 Å². The summed E-state index contributed by atoms with van der Waals surface area (Å²) in [5.41, 5.74) is 1.05. The molecule has 16 heavy (non-hydrogen) atoms. The van der Waals surface area contributed by atoms with Crippen molar-refractivity contribution < 1.29 is 4.84 Å². The van der Waals surface area contributed by atoms with Crippen molar-refractivity contribution in [1.82, 2.24) is 0 Å². The average Bonchev–Trinajstić information content (AvgIpc) is 2.30. The Morgan fingerprint density at radius 3 is 2.44 bits per heavy atom. The van der Waals surface area contributed by atoms with E-state index in [2.05, 4.69) is 49.4 Å². The van der Waals surface area contributed by atoms with E-state index >= 15 is 0 Å². The lowest BCUT2D eigenvalue weighted by atomic mass is 10.3. The predicted octanol–water partition coefficient (Wildman–Crippen LogP) is 2.94. The van der Waals surface area contributed by atoms with Crippen LogP contribution in [0.25, 0.3) is 0 Å². The lowest BCUT2D eigenvalue weighted by Gasteiger charge is -2.20. The largest absolute Gasteiger partial charge is 0.399 e. The standard InChI is InChI=1S/C13H21NOSi/c1-5-12(2)14-15-11-16(3,4)13-9-7-6-8-10-13/h6-10H,5,11H2,1-4H3/b14-12+. The molecule has 0 aliphatic heterocycles. The first-order chi connectivity index (χ1) is 7.56. The van der Waals surface area contributed by atoms with Crippen molar-refractivity contribution in [3.8, 4) is 0 Å². The van der Waals surface area contributed by atoms with E-state index in [4.69, 9.17) is 4.84 Å². The monoisotopic (exact) mass is 235 g/mol. The summed E-state index contributed by atoms with van der Waals surface area (Å²) in [5.74, 6) is 0. The predicted molar refractivity (Wildman–Crippen MR) is 72.9 cm³/mol. The van der Waals surface area contributed by atoms with Crippen LogP contribution < -0.4 is 5.19 Å². The van der Waals surface area contributed by atoms with E-state index in [1.807, 2.05) is 13.0 Å². The minimum Gasteiger partial charge on any atom is -0.399 e. The number of rotatable bonds is 5. The van der Waals surface area contributed by atoms with Crippen LogP contribution in [0.1, 0.15) is 20.3 Å². The molecule has 0 saturated carbocycles. The second-order valence-electron chi connectivity index (χ2n) is 4.70. The molecule has 2 nitrogen and oxygen atoms in total. The highest BCUT2D eigenvalue weighted by Gasteiger charge is 2.24. The molecule has 0 bridgehead atoms. The van der Waals surface area contributed by atoms with E-state index in [0.29, 0.717) is 0 Å². The van der Waals surface area contributed by atoms with Crippen molar-refractivity contribution in [3.05, 3.63) is 30.3 Å². The molecule has 1 aromatic carbocycles. The maximum atomic E-state index is 5.46. The van der Waals surface area contributed by atoms with Crippen molar-refractivity contribution in [2.75, 3.05) is 6.23 Å². The Morgan fingerprint density at radius 2 is 1.88 bits per heavy atom. The molecule has 0 atom stereocenters. The number of hydrogen-bond donors (Lipinski definition) is 0. The molecule has 0 amide bonds. The number of nitrogens with zero attached hydrogens (tertiary/aromatic N) is 1. The van der Waals surface area contributed by atoms with Crippen LogP contribution in [0.5, 0.6) is 0 Å². The van der Waals surface area contributed by atoms with Gasteiger partial charge in [-0.2, -0.15) is 0 Å². The van der Waals surface area contributed by atoms with Gasteiger partial charge in [0.05, 0.1) is 5.71 Å². The lowest BCUT2D eigenvalue weighted by Crippen LogP contribution is -2.45. The Labute approximate surface area is 99.3 Å². The Morgan fingerprint density at radius 1 is 1.25 bits per heavy atom. The van der Waals surface area contributed by atoms with E-state index in [0.717, 1.165) is 18.4 Å². The number of oxime groups is 1. The average molecular weight is 235 g/mol. The van der Waals surface area contributed by atoms with Gasteiger partial charge in [0.2, 0.25) is 0 Å². The van der Waals surface area contributed by atoms with Crippen LogP contribution in [0, 0.1) is 0 Å². The molecule has 0 unspecified atom stereocenters. The Balaban J connectivity index is 2.59. The minimum atomic E-state index is -1.49. The van der Waals surface area contributed by atoms with Crippen LogP contribution in [0.3, 0.4) is 0 Å². The van der Waals surface area contributed by atoms with E-state index in [-0.39, 0.29) is 0 Å². The fourth-order valence-electron chi connectivity index (χ4n) is 1.34. The summed E-state index contributed by atoms with van der Waals surface area (Å²) < 4.78 is 0. The van der Waals surface area contributed by atoms with E-state index in [9.17, 15) is 0 Å². The van der Waals surface area contributed by atoms with Gasteiger partial charge in [0.1, 0.15) is 14.3 Å². The van der Waals surface area contributed by atoms with Crippen molar-refractivity contribution >= 4 is 19.0 Å². The Bertz CT molecular complexity index is 346. The van der Waals surface area contributed by atoms with Crippen LogP contribution in [0.4, 0.5) is 0 Å². The quantitative estimate of drug-likeness (QED) is 0.437. The SMILES string of the molecule is CC/C(C)=N/OC[Si](C)(C)c1ccccc1. The van der Waals surface area contributed by atoms with Crippen molar-refractivity contribution in [1.29, 1.82) is 0 Å². The molecule has 88 valence electrons. The molecule has 0 aliphatic carbocycles. The molecule has 0 radical (unpaired) electrons. The molecule has 1 rings (SSSR count). The van der Waals surface area contributed by atoms with E-state index in [1.54, 1.807) is 0 Å². The van der Waals surface area contributed by atoms with Crippen LogP contribution in [0.2, 0.25) is 13.1 Å². The second-order valence-corrected chi connectivity index (χ2v) is 9.34. The molecule has 0 heterocycles. The van der Waals surface area contributed by atoms with E-state index < -0.39 is 8.07 Å². The molecule has 0 aromatic heterocycles. The topological polar surface area (TPSA) is 21.6 Å².